The molecule has 10 nitrogen and oxygen atoms in total. The molecule has 0 aromatic heterocycles. The molecule has 1 atom stereocenters. The van der Waals surface area contributed by atoms with Crippen molar-refractivity contribution < 1.29 is 33.4 Å². The fourth-order valence-corrected chi connectivity index (χ4v) is 5.23. The van der Waals surface area contributed by atoms with Crippen molar-refractivity contribution in [2.24, 2.45) is 0 Å². The number of ether oxygens (including phenoxy) is 2. The molecule has 10 heteroatoms. The van der Waals surface area contributed by atoms with Gasteiger partial charge in [-0.1, -0.05) is 48.5 Å². The number of fused-ring (bicyclic) bond motifs is 2. The van der Waals surface area contributed by atoms with E-state index in [-0.39, 0.29) is 36.1 Å². The third kappa shape index (κ3) is 5.67. The minimum absolute atomic E-state index is 0.0326. The summed E-state index contributed by atoms with van der Waals surface area (Å²) in [5.74, 6) is -1.37. The fourth-order valence-electron chi connectivity index (χ4n) is 5.23. The Hall–Kier alpha value is -5.51. The van der Waals surface area contributed by atoms with E-state index >= 15 is 0 Å². The Balaban J connectivity index is 1.01. The molecule has 0 saturated carbocycles. The molecule has 6 rings (SSSR count). The van der Waals surface area contributed by atoms with Crippen LogP contribution >= 0.6 is 0 Å². The van der Waals surface area contributed by atoms with Crippen LogP contribution in [0, 0.1) is 0 Å². The molecule has 0 bridgehead atoms. The smallest absolute Gasteiger partial charge is 0.262 e. The minimum Gasteiger partial charge on any atom is -0.490 e. The largest absolute Gasteiger partial charge is 0.490 e. The zero-order valence-corrected chi connectivity index (χ0v) is 23.0. The van der Waals surface area contributed by atoms with Gasteiger partial charge in [0.05, 0.1) is 11.1 Å². The van der Waals surface area contributed by atoms with Crippen molar-refractivity contribution in [1.82, 2.24) is 15.5 Å². The molecule has 43 heavy (non-hydrogen) atoms. The standard InChI is InChI=1S/C33H27N3O7/c37-29-15-14-27(31(39)35-29)36-32(40)25-13-10-22(18-26(25)33(36)41)30(38)34-19-20-8-11-23(12-9-20)42-16-17-43-28-7-3-5-21-4-1-2-6-24(21)28/h1-13,18,27H,14-17,19H2,(H,34,38)(H,35,37,39). The average molecular weight is 578 g/mol. The lowest BCUT2D eigenvalue weighted by Gasteiger charge is -2.27. The van der Waals surface area contributed by atoms with Crippen LogP contribution in [0.4, 0.5) is 0 Å². The van der Waals surface area contributed by atoms with Crippen molar-refractivity contribution in [3.8, 4) is 11.5 Å². The van der Waals surface area contributed by atoms with Gasteiger partial charge in [-0.2, -0.15) is 0 Å². The summed E-state index contributed by atoms with van der Waals surface area (Å²) in [6.07, 6.45) is 0.0943. The highest BCUT2D eigenvalue weighted by Crippen LogP contribution is 2.29. The van der Waals surface area contributed by atoms with Crippen molar-refractivity contribution in [3.63, 3.8) is 0 Å². The van der Waals surface area contributed by atoms with E-state index < -0.39 is 35.6 Å². The normalized spacial score (nSPS) is 16.2. The summed E-state index contributed by atoms with van der Waals surface area (Å²) in [6.45, 7) is 0.974. The van der Waals surface area contributed by atoms with E-state index in [1.807, 2.05) is 66.7 Å². The molecule has 1 fully saturated rings. The Morgan fingerprint density at radius 1 is 0.837 bits per heavy atom. The fraction of sp³-hybridized carbons (Fsp3) is 0.182. The summed E-state index contributed by atoms with van der Waals surface area (Å²) in [6, 6.07) is 24.4. The molecule has 5 amide bonds. The lowest BCUT2D eigenvalue weighted by molar-refractivity contribution is -0.136. The van der Waals surface area contributed by atoms with Crippen LogP contribution in [-0.4, -0.2) is 53.7 Å². The highest BCUT2D eigenvalue weighted by atomic mass is 16.5. The molecule has 1 unspecified atom stereocenters. The van der Waals surface area contributed by atoms with Gasteiger partial charge < -0.3 is 14.8 Å². The quantitative estimate of drug-likeness (QED) is 0.229. The molecule has 1 saturated heterocycles. The Morgan fingerprint density at radius 2 is 1.58 bits per heavy atom. The Morgan fingerprint density at radius 3 is 2.40 bits per heavy atom. The molecule has 4 aromatic carbocycles. The highest BCUT2D eigenvalue weighted by molar-refractivity contribution is 6.24. The number of rotatable bonds is 9. The van der Waals surface area contributed by atoms with Crippen LogP contribution in [0.1, 0.15) is 49.5 Å². The molecular formula is C33H27N3O7. The van der Waals surface area contributed by atoms with E-state index in [2.05, 4.69) is 10.6 Å². The van der Waals surface area contributed by atoms with Crippen LogP contribution in [0.5, 0.6) is 11.5 Å². The molecule has 2 aliphatic rings. The summed E-state index contributed by atoms with van der Waals surface area (Å²) >= 11 is 0. The van der Waals surface area contributed by atoms with Crippen molar-refractivity contribution in [1.29, 1.82) is 0 Å². The summed E-state index contributed by atoms with van der Waals surface area (Å²) < 4.78 is 11.7. The summed E-state index contributed by atoms with van der Waals surface area (Å²) in [4.78, 5) is 63.3. The maximum atomic E-state index is 13.0. The summed E-state index contributed by atoms with van der Waals surface area (Å²) in [5.41, 5.74) is 1.21. The second kappa shape index (κ2) is 11.8. The Bertz CT molecular complexity index is 1760. The second-order valence-electron chi connectivity index (χ2n) is 10.2. The van der Waals surface area contributed by atoms with Gasteiger partial charge in [-0.05, 0) is 53.8 Å². The van der Waals surface area contributed by atoms with E-state index in [0.717, 1.165) is 27.0 Å². The number of nitrogens with one attached hydrogen (secondary N) is 2. The Kier molecular flexibility index (Phi) is 7.57. The molecule has 2 N–H and O–H groups in total. The molecule has 0 aliphatic carbocycles. The van der Waals surface area contributed by atoms with E-state index in [1.54, 1.807) is 0 Å². The monoisotopic (exact) mass is 577 g/mol. The number of benzene rings is 4. The second-order valence-corrected chi connectivity index (χ2v) is 10.2. The minimum atomic E-state index is -1.06. The zero-order chi connectivity index (χ0) is 29.9. The predicted molar refractivity (Wildman–Crippen MR) is 156 cm³/mol. The number of hydrogen-bond acceptors (Lipinski definition) is 7. The van der Waals surface area contributed by atoms with Gasteiger partial charge in [-0.3, -0.25) is 34.2 Å². The van der Waals surface area contributed by atoms with Gasteiger partial charge >= 0.3 is 0 Å². The van der Waals surface area contributed by atoms with Crippen LogP contribution in [0.25, 0.3) is 10.8 Å². The van der Waals surface area contributed by atoms with Crippen LogP contribution in [-0.2, 0) is 16.1 Å². The highest BCUT2D eigenvalue weighted by Gasteiger charge is 2.44. The van der Waals surface area contributed by atoms with Gasteiger partial charge in [-0.25, -0.2) is 0 Å². The first-order chi connectivity index (χ1) is 20.9. The maximum Gasteiger partial charge on any atom is 0.262 e. The zero-order valence-electron chi connectivity index (χ0n) is 23.0. The first kappa shape index (κ1) is 27.6. The first-order valence-corrected chi connectivity index (χ1v) is 13.8. The molecule has 0 spiro atoms. The van der Waals surface area contributed by atoms with Gasteiger partial charge in [0.25, 0.3) is 17.7 Å². The van der Waals surface area contributed by atoms with E-state index in [1.165, 1.54) is 18.2 Å². The van der Waals surface area contributed by atoms with Gasteiger partial charge in [0.2, 0.25) is 11.8 Å². The Labute approximate surface area is 246 Å². The molecule has 216 valence electrons. The van der Waals surface area contributed by atoms with E-state index in [4.69, 9.17) is 9.47 Å². The van der Waals surface area contributed by atoms with Crippen LogP contribution in [0.3, 0.4) is 0 Å². The summed E-state index contributed by atoms with van der Waals surface area (Å²) in [5, 5.41) is 7.13. The maximum absolute atomic E-state index is 13.0. The SMILES string of the molecule is O=C1CCC(N2C(=O)c3ccc(C(=O)NCc4ccc(OCCOc5cccc6ccccc56)cc4)cc3C2=O)C(=O)N1. The molecule has 4 aromatic rings. The number of hydrogen-bond donors (Lipinski definition) is 2. The molecular weight excluding hydrogens is 550 g/mol. The van der Waals surface area contributed by atoms with Gasteiger partial charge in [-0.15, -0.1) is 0 Å². The number of piperidine rings is 1. The van der Waals surface area contributed by atoms with Gasteiger partial charge in [0.15, 0.2) is 0 Å². The molecule has 2 aliphatic heterocycles. The topological polar surface area (TPSA) is 131 Å². The van der Waals surface area contributed by atoms with E-state index in [9.17, 15) is 24.0 Å². The van der Waals surface area contributed by atoms with Crippen molar-refractivity contribution in [2.45, 2.75) is 25.4 Å². The van der Waals surface area contributed by atoms with E-state index in [0.29, 0.717) is 19.0 Å². The molecule has 0 radical (unpaired) electrons. The third-order valence-corrected chi connectivity index (χ3v) is 7.44. The molecule has 2 heterocycles. The number of carbonyl (C=O) groups is 5. The van der Waals surface area contributed by atoms with Gasteiger partial charge in [0, 0.05) is 23.9 Å². The number of carbonyl (C=O) groups excluding carboxylic acids is 5. The lowest BCUT2D eigenvalue weighted by atomic mass is 10.0. The van der Waals surface area contributed by atoms with Crippen LogP contribution < -0.4 is 20.1 Å². The van der Waals surface area contributed by atoms with Gasteiger partial charge in [0.1, 0.15) is 30.8 Å². The number of amides is 5. The van der Waals surface area contributed by atoms with Crippen LogP contribution in [0.15, 0.2) is 84.9 Å². The predicted octanol–water partition coefficient (Wildman–Crippen LogP) is 3.63. The number of nitrogens with zero attached hydrogens (tertiary/aromatic N) is 1. The average Bonchev–Trinajstić information content (AvgIpc) is 3.27. The van der Waals surface area contributed by atoms with Crippen molar-refractivity contribution >= 4 is 40.3 Å². The van der Waals surface area contributed by atoms with Crippen molar-refractivity contribution in [3.05, 3.63) is 107 Å². The van der Waals surface area contributed by atoms with Crippen LogP contribution in [0.2, 0.25) is 0 Å². The van der Waals surface area contributed by atoms with Crippen molar-refractivity contribution in [2.75, 3.05) is 13.2 Å². The first-order valence-electron chi connectivity index (χ1n) is 13.8. The number of imide groups is 2. The summed E-state index contributed by atoms with van der Waals surface area (Å²) in [7, 11) is 0. The lowest BCUT2D eigenvalue weighted by Crippen LogP contribution is -2.54. The third-order valence-electron chi connectivity index (χ3n) is 7.44.